The van der Waals surface area contributed by atoms with Crippen molar-refractivity contribution in [3.63, 3.8) is 0 Å². The number of benzene rings is 2. The molecular formula is C21H21FN2O3S. The molecule has 5 nitrogen and oxygen atoms in total. The molecule has 2 N–H and O–H groups in total. The fourth-order valence-electron chi connectivity index (χ4n) is 3.15. The average Bonchev–Trinajstić information content (AvgIpc) is 2.66. The van der Waals surface area contributed by atoms with Gasteiger partial charge in [0.2, 0.25) is 0 Å². The molecule has 1 aliphatic rings. The monoisotopic (exact) mass is 400 g/mol. The predicted octanol–water partition coefficient (Wildman–Crippen LogP) is 4.02. The molecule has 0 aliphatic carbocycles. The van der Waals surface area contributed by atoms with Crippen LogP contribution in [0.15, 0.2) is 58.6 Å². The molecule has 146 valence electrons. The van der Waals surface area contributed by atoms with Crippen LogP contribution in [0.4, 0.5) is 9.18 Å². The largest absolute Gasteiger partial charge is 0.466 e. The van der Waals surface area contributed by atoms with Gasteiger partial charge in [0.1, 0.15) is 5.82 Å². The molecule has 1 heterocycles. The first-order valence-electron chi connectivity index (χ1n) is 8.73. The van der Waals surface area contributed by atoms with Crippen molar-refractivity contribution in [2.24, 2.45) is 0 Å². The van der Waals surface area contributed by atoms with E-state index in [1.165, 1.54) is 31.0 Å². The second kappa shape index (κ2) is 8.48. The maximum Gasteiger partial charge on any atom is 0.338 e. The third kappa shape index (κ3) is 4.36. The van der Waals surface area contributed by atoms with Gasteiger partial charge in [-0.1, -0.05) is 23.8 Å². The van der Waals surface area contributed by atoms with Crippen LogP contribution >= 0.6 is 11.8 Å². The van der Waals surface area contributed by atoms with Crippen LogP contribution in [0.25, 0.3) is 0 Å². The first-order chi connectivity index (χ1) is 13.4. The summed E-state index contributed by atoms with van der Waals surface area (Å²) in [6, 6.07) is 10.9. The third-order valence-corrected chi connectivity index (χ3v) is 5.53. The summed E-state index contributed by atoms with van der Waals surface area (Å²) in [4.78, 5) is 25.7. The highest BCUT2D eigenvalue weighted by atomic mass is 32.2. The molecule has 0 fully saturated rings. The van der Waals surface area contributed by atoms with Crippen molar-refractivity contribution in [3.05, 3.63) is 76.2 Å². The Hall–Kier alpha value is -2.80. The van der Waals surface area contributed by atoms with E-state index in [0.29, 0.717) is 17.0 Å². The van der Waals surface area contributed by atoms with Gasteiger partial charge in [0, 0.05) is 16.3 Å². The van der Waals surface area contributed by atoms with Gasteiger partial charge in [0.15, 0.2) is 0 Å². The Morgan fingerprint density at radius 1 is 1.18 bits per heavy atom. The normalized spacial score (nSPS) is 16.4. The molecule has 0 saturated carbocycles. The van der Waals surface area contributed by atoms with Crippen molar-refractivity contribution >= 4 is 23.8 Å². The Labute approximate surface area is 167 Å². The lowest BCUT2D eigenvalue weighted by molar-refractivity contribution is -0.136. The number of amides is 2. The van der Waals surface area contributed by atoms with Gasteiger partial charge >= 0.3 is 12.0 Å². The summed E-state index contributed by atoms with van der Waals surface area (Å²) >= 11 is 1.40. The zero-order valence-corrected chi connectivity index (χ0v) is 16.7. The van der Waals surface area contributed by atoms with E-state index in [4.69, 9.17) is 4.74 Å². The summed E-state index contributed by atoms with van der Waals surface area (Å²) in [6.07, 6.45) is 0. The minimum Gasteiger partial charge on any atom is -0.466 e. The summed E-state index contributed by atoms with van der Waals surface area (Å²) in [7, 11) is 1.32. The highest BCUT2D eigenvalue weighted by molar-refractivity contribution is 7.99. The van der Waals surface area contributed by atoms with Gasteiger partial charge in [-0.3, -0.25) is 0 Å². The molecule has 0 saturated heterocycles. The number of urea groups is 1. The van der Waals surface area contributed by atoms with Gasteiger partial charge in [-0.05, 0) is 49.2 Å². The zero-order valence-electron chi connectivity index (χ0n) is 15.8. The Morgan fingerprint density at radius 2 is 1.89 bits per heavy atom. The number of aryl methyl sites for hydroxylation is 2. The van der Waals surface area contributed by atoms with E-state index in [0.717, 1.165) is 21.6 Å². The highest BCUT2D eigenvalue weighted by Crippen LogP contribution is 2.32. The number of carbonyl (C=O) groups excluding carboxylic acids is 2. The van der Waals surface area contributed by atoms with E-state index in [1.807, 2.05) is 32.0 Å². The second-order valence-electron chi connectivity index (χ2n) is 6.52. The molecule has 1 aliphatic heterocycles. The standard InChI is InChI=1S/C21H21FN2O3S/c1-12-4-9-16(13(2)10-12)19-18(20(25)27-3)17(23-21(26)24-19)11-28-15-7-5-14(22)6-8-15/h4-10,19H,11H2,1-3H3,(H2,23,24,26). The van der Waals surface area contributed by atoms with Crippen LogP contribution < -0.4 is 10.6 Å². The number of rotatable bonds is 5. The van der Waals surface area contributed by atoms with E-state index >= 15 is 0 Å². The average molecular weight is 400 g/mol. The van der Waals surface area contributed by atoms with E-state index in [9.17, 15) is 14.0 Å². The van der Waals surface area contributed by atoms with E-state index < -0.39 is 12.0 Å². The quantitative estimate of drug-likeness (QED) is 0.588. The van der Waals surface area contributed by atoms with Crippen molar-refractivity contribution in [1.82, 2.24) is 10.6 Å². The van der Waals surface area contributed by atoms with Crippen LogP contribution in [0.5, 0.6) is 0 Å². The number of methoxy groups -OCH3 is 1. The van der Waals surface area contributed by atoms with Crippen molar-refractivity contribution in [2.75, 3.05) is 12.9 Å². The lowest BCUT2D eigenvalue weighted by atomic mass is 9.91. The first-order valence-corrected chi connectivity index (χ1v) is 9.72. The second-order valence-corrected chi connectivity index (χ2v) is 7.57. The maximum atomic E-state index is 13.1. The van der Waals surface area contributed by atoms with Crippen LogP contribution in [-0.4, -0.2) is 24.9 Å². The number of carbonyl (C=O) groups is 2. The number of ether oxygens (including phenoxy) is 1. The van der Waals surface area contributed by atoms with Crippen molar-refractivity contribution in [1.29, 1.82) is 0 Å². The Balaban J connectivity index is 1.98. The van der Waals surface area contributed by atoms with Gasteiger partial charge in [0.25, 0.3) is 0 Å². The predicted molar refractivity (Wildman–Crippen MR) is 106 cm³/mol. The molecule has 0 spiro atoms. The van der Waals surface area contributed by atoms with Gasteiger partial charge < -0.3 is 15.4 Å². The molecule has 0 bridgehead atoms. The van der Waals surface area contributed by atoms with Gasteiger partial charge in [0.05, 0.1) is 18.7 Å². The fourth-order valence-corrected chi connectivity index (χ4v) is 4.02. The van der Waals surface area contributed by atoms with Crippen molar-refractivity contribution in [3.8, 4) is 0 Å². The number of nitrogens with one attached hydrogen (secondary N) is 2. The minimum atomic E-state index is -0.606. The SMILES string of the molecule is COC(=O)C1=C(CSc2ccc(F)cc2)NC(=O)NC1c1ccc(C)cc1C. The van der Waals surface area contributed by atoms with Crippen LogP contribution in [0, 0.1) is 19.7 Å². The molecule has 0 radical (unpaired) electrons. The molecule has 0 aromatic heterocycles. The first kappa shape index (κ1) is 19.9. The molecule has 2 aromatic rings. The molecule has 7 heteroatoms. The van der Waals surface area contributed by atoms with Gasteiger partial charge in [-0.15, -0.1) is 11.8 Å². The molecular weight excluding hydrogens is 379 g/mol. The molecule has 2 amide bonds. The molecule has 3 rings (SSSR count). The summed E-state index contributed by atoms with van der Waals surface area (Å²) in [5.41, 5.74) is 3.75. The summed E-state index contributed by atoms with van der Waals surface area (Å²) < 4.78 is 18.1. The number of halogens is 1. The highest BCUT2D eigenvalue weighted by Gasteiger charge is 2.34. The Bertz CT molecular complexity index is 941. The summed E-state index contributed by atoms with van der Waals surface area (Å²) in [5.74, 6) is -0.485. The van der Waals surface area contributed by atoms with E-state index in [-0.39, 0.29) is 11.8 Å². The molecule has 1 unspecified atom stereocenters. The maximum absolute atomic E-state index is 13.1. The number of esters is 1. The van der Waals surface area contributed by atoms with Crippen molar-refractivity contribution < 1.29 is 18.7 Å². The number of thioether (sulfide) groups is 1. The molecule has 28 heavy (non-hydrogen) atoms. The van der Waals surface area contributed by atoms with Crippen molar-refractivity contribution in [2.45, 2.75) is 24.8 Å². The van der Waals surface area contributed by atoms with E-state index in [1.54, 1.807) is 12.1 Å². The summed E-state index contributed by atoms with van der Waals surface area (Å²) in [5, 5.41) is 5.55. The van der Waals surface area contributed by atoms with Crippen LogP contribution in [0.3, 0.4) is 0 Å². The third-order valence-electron chi connectivity index (χ3n) is 4.49. The van der Waals surface area contributed by atoms with Gasteiger partial charge in [-0.2, -0.15) is 0 Å². The summed E-state index contributed by atoms with van der Waals surface area (Å²) in [6.45, 7) is 3.93. The van der Waals surface area contributed by atoms with Crippen LogP contribution in [0.2, 0.25) is 0 Å². The zero-order chi connectivity index (χ0) is 20.3. The Kier molecular flexibility index (Phi) is 6.04. The number of hydrogen-bond donors (Lipinski definition) is 2. The molecule has 2 aromatic carbocycles. The van der Waals surface area contributed by atoms with Gasteiger partial charge in [-0.25, -0.2) is 14.0 Å². The molecule has 1 atom stereocenters. The van der Waals surface area contributed by atoms with Crippen LogP contribution in [-0.2, 0) is 9.53 Å². The van der Waals surface area contributed by atoms with Crippen LogP contribution in [0.1, 0.15) is 22.7 Å². The van der Waals surface area contributed by atoms with E-state index in [2.05, 4.69) is 10.6 Å². The fraction of sp³-hybridized carbons (Fsp3) is 0.238. The number of hydrogen-bond acceptors (Lipinski definition) is 4. The Morgan fingerprint density at radius 3 is 2.54 bits per heavy atom. The minimum absolute atomic E-state index is 0.316. The topological polar surface area (TPSA) is 67.4 Å². The smallest absolute Gasteiger partial charge is 0.338 e. The lowest BCUT2D eigenvalue weighted by Gasteiger charge is -2.30. The lowest BCUT2D eigenvalue weighted by Crippen LogP contribution is -2.46.